The van der Waals surface area contributed by atoms with Gasteiger partial charge in [-0.25, -0.2) is 12.7 Å². The van der Waals surface area contributed by atoms with E-state index in [0.717, 1.165) is 16.3 Å². The van der Waals surface area contributed by atoms with Crippen molar-refractivity contribution in [3.05, 3.63) is 63.6 Å². The summed E-state index contributed by atoms with van der Waals surface area (Å²) >= 11 is 3.26. The molecule has 0 spiro atoms. The van der Waals surface area contributed by atoms with Gasteiger partial charge in [-0.1, -0.05) is 31.2 Å². The fraction of sp³-hybridized carbons (Fsp3) is 0.381. The lowest BCUT2D eigenvalue weighted by molar-refractivity contribution is 0.0941. The molecule has 2 aromatic rings. The van der Waals surface area contributed by atoms with Crippen LogP contribution in [0.25, 0.3) is 0 Å². The molecule has 0 aliphatic heterocycles. The predicted molar refractivity (Wildman–Crippen MR) is 120 cm³/mol. The minimum Gasteiger partial charge on any atom is -0.350 e. The number of nitrogens with zero attached hydrogens (tertiary/aromatic N) is 2. The van der Waals surface area contributed by atoms with E-state index in [0.29, 0.717) is 16.6 Å². The second-order valence-corrected chi connectivity index (χ2v) is 10.2. The van der Waals surface area contributed by atoms with Crippen LogP contribution in [0.2, 0.25) is 0 Å². The molecule has 1 amide bonds. The first-order valence-electron chi connectivity index (χ1n) is 9.33. The number of sulfonamides is 1. The van der Waals surface area contributed by atoms with Crippen LogP contribution in [0.4, 0.5) is 0 Å². The zero-order chi connectivity index (χ0) is 21.8. The summed E-state index contributed by atoms with van der Waals surface area (Å²) in [5.74, 6) is -0.315. The number of carbonyl (C=O) groups is 1. The van der Waals surface area contributed by atoms with Gasteiger partial charge in [0.2, 0.25) is 10.0 Å². The molecule has 0 aliphatic carbocycles. The van der Waals surface area contributed by atoms with Crippen molar-refractivity contribution in [3.8, 4) is 0 Å². The van der Waals surface area contributed by atoms with Crippen LogP contribution in [-0.2, 0) is 16.4 Å². The van der Waals surface area contributed by atoms with Gasteiger partial charge >= 0.3 is 0 Å². The Labute approximate surface area is 182 Å². The van der Waals surface area contributed by atoms with E-state index in [1.807, 2.05) is 19.0 Å². The number of hydrogen-bond donors (Lipinski definition) is 1. The van der Waals surface area contributed by atoms with Crippen LogP contribution < -0.4 is 5.32 Å². The van der Waals surface area contributed by atoms with Crippen LogP contribution in [0.5, 0.6) is 0 Å². The van der Waals surface area contributed by atoms with E-state index in [2.05, 4.69) is 52.4 Å². The van der Waals surface area contributed by atoms with Crippen molar-refractivity contribution in [3.63, 3.8) is 0 Å². The summed E-state index contributed by atoms with van der Waals surface area (Å²) in [6.07, 6.45) is 0.978. The van der Waals surface area contributed by atoms with Gasteiger partial charge in [-0.2, -0.15) is 0 Å². The van der Waals surface area contributed by atoms with Gasteiger partial charge < -0.3 is 10.2 Å². The first-order valence-corrected chi connectivity index (χ1v) is 11.6. The second-order valence-electron chi connectivity index (χ2n) is 7.22. The Morgan fingerprint density at radius 2 is 1.69 bits per heavy atom. The standard InChI is InChI=1S/C21H28BrN3O3S/c1-6-15-7-9-16(10-8-15)19(24(2)3)14-23-21(26)17-11-12-18(22)20(13-17)29(27,28)25(4)5/h7-13,19H,6,14H2,1-5H3,(H,23,26). The molecule has 1 unspecified atom stereocenters. The highest BCUT2D eigenvalue weighted by Crippen LogP contribution is 2.25. The number of nitrogens with one attached hydrogen (secondary N) is 1. The summed E-state index contributed by atoms with van der Waals surface area (Å²) in [5.41, 5.74) is 2.67. The molecule has 0 heterocycles. The van der Waals surface area contributed by atoms with Crippen molar-refractivity contribution in [1.29, 1.82) is 0 Å². The van der Waals surface area contributed by atoms with Crippen molar-refractivity contribution in [2.24, 2.45) is 0 Å². The molecule has 29 heavy (non-hydrogen) atoms. The van der Waals surface area contributed by atoms with Gasteiger partial charge in [-0.15, -0.1) is 0 Å². The Hall–Kier alpha value is -1.74. The van der Waals surface area contributed by atoms with Crippen LogP contribution in [0, 0.1) is 0 Å². The van der Waals surface area contributed by atoms with E-state index in [1.165, 1.54) is 25.7 Å². The van der Waals surface area contributed by atoms with Crippen LogP contribution in [0.1, 0.15) is 34.5 Å². The third-order valence-electron chi connectivity index (χ3n) is 4.80. The topological polar surface area (TPSA) is 69.7 Å². The summed E-state index contributed by atoms with van der Waals surface area (Å²) < 4.78 is 26.5. The number of amides is 1. The molecule has 6 nitrogen and oxygen atoms in total. The maximum Gasteiger partial charge on any atom is 0.251 e. The molecule has 0 fully saturated rings. The van der Waals surface area contributed by atoms with Crippen molar-refractivity contribution in [1.82, 2.24) is 14.5 Å². The van der Waals surface area contributed by atoms with Gasteiger partial charge in [0.05, 0.1) is 10.9 Å². The molecular formula is C21H28BrN3O3S. The molecule has 2 rings (SSSR count). The number of aryl methyl sites for hydroxylation is 1. The Morgan fingerprint density at radius 3 is 2.21 bits per heavy atom. The van der Waals surface area contributed by atoms with E-state index in [4.69, 9.17) is 0 Å². The average Bonchev–Trinajstić information content (AvgIpc) is 2.68. The zero-order valence-corrected chi connectivity index (χ0v) is 19.8. The van der Waals surface area contributed by atoms with Crippen LogP contribution in [0.3, 0.4) is 0 Å². The van der Waals surface area contributed by atoms with E-state index in [1.54, 1.807) is 12.1 Å². The first kappa shape index (κ1) is 23.5. The molecule has 1 atom stereocenters. The van der Waals surface area contributed by atoms with E-state index in [9.17, 15) is 13.2 Å². The minimum atomic E-state index is -3.66. The van der Waals surface area contributed by atoms with Crippen molar-refractivity contribution >= 4 is 31.9 Å². The largest absolute Gasteiger partial charge is 0.350 e. The van der Waals surface area contributed by atoms with E-state index >= 15 is 0 Å². The molecule has 0 saturated heterocycles. The minimum absolute atomic E-state index is 0.00489. The third-order valence-corrected chi connectivity index (χ3v) is 7.61. The molecule has 158 valence electrons. The maximum absolute atomic E-state index is 12.7. The van der Waals surface area contributed by atoms with Gasteiger partial charge in [0, 0.05) is 30.7 Å². The highest BCUT2D eigenvalue weighted by Gasteiger charge is 2.23. The molecule has 0 aromatic heterocycles. The van der Waals surface area contributed by atoms with Gasteiger partial charge in [-0.3, -0.25) is 4.79 Å². The van der Waals surface area contributed by atoms with Gasteiger partial charge in [0.25, 0.3) is 5.91 Å². The summed E-state index contributed by atoms with van der Waals surface area (Å²) in [7, 11) is 3.19. The van der Waals surface area contributed by atoms with Gasteiger partial charge in [0.15, 0.2) is 0 Å². The van der Waals surface area contributed by atoms with Gasteiger partial charge in [0.1, 0.15) is 0 Å². The summed E-state index contributed by atoms with van der Waals surface area (Å²) in [6, 6.07) is 12.9. The Morgan fingerprint density at radius 1 is 1.07 bits per heavy atom. The lowest BCUT2D eigenvalue weighted by Gasteiger charge is -2.25. The number of rotatable bonds is 8. The normalized spacial score (nSPS) is 13.0. The first-order chi connectivity index (χ1) is 13.6. The Bertz CT molecular complexity index is 958. The van der Waals surface area contributed by atoms with Gasteiger partial charge in [-0.05, 0) is 65.8 Å². The fourth-order valence-corrected chi connectivity index (χ4v) is 4.75. The van der Waals surface area contributed by atoms with Crippen molar-refractivity contribution in [2.45, 2.75) is 24.3 Å². The third kappa shape index (κ3) is 5.66. The van der Waals surface area contributed by atoms with E-state index in [-0.39, 0.29) is 16.8 Å². The Kier molecular flexibility index (Phi) is 7.99. The predicted octanol–water partition coefficient (Wildman–Crippen LogP) is 3.29. The number of halogens is 1. The molecule has 0 bridgehead atoms. The summed E-state index contributed by atoms with van der Waals surface area (Å²) in [6.45, 7) is 2.52. The number of benzene rings is 2. The quantitative estimate of drug-likeness (QED) is 0.627. The Balaban J connectivity index is 2.20. The number of likely N-dealkylation sites (N-methyl/N-ethyl adjacent to an activating group) is 1. The molecule has 0 radical (unpaired) electrons. The lowest BCUT2D eigenvalue weighted by atomic mass is 10.0. The summed E-state index contributed by atoms with van der Waals surface area (Å²) in [4.78, 5) is 14.8. The molecule has 0 saturated carbocycles. The monoisotopic (exact) mass is 481 g/mol. The van der Waals surface area contributed by atoms with E-state index < -0.39 is 10.0 Å². The molecule has 1 N–H and O–H groups in total. The molecule has 0 aliphatic rings. The maximum atomic E-state index is 12.7. The van der Waals surface area contributed by atoms with Crippen LogP contribution in [0.15, 0.2) is 51.8 Å². The smallest absolute Gasteiger partial charge is 0.251 e. The molecule has 8 heteroatoms. The highest BCUT2D eigenvalue weighted by molar-refractivity contribution is 9.10. The molecular weight excluding hydrogens is 454 g/mol. The lowest BCUT2D eigenvalue weighted by Crippen LogP contribution is -2.34. The number of hydrogen-bond acceptors (Lipinski definition) is 4. The fourth-order valence-electron chi connectivity index (χ4n) is 2.90. The van der Waals surface area contributed by atoms with Crippen LogP contribution >= 0.6 is 15.9 Å². The summed E-state index contributed by atoms with van der Waals surface area (Å²) in [5, 5.41) is 2.93. The average molecular weight is 482 g/mol. The SMILES string of the molecule is CCc1ccc(C(CNC(=O)c2ccc(Br)c(S(=O)(=O)N(C)C)c2)N(C)C)cc1. The van der Waals surface area contributed by atoms with Crippen LogP contribution in [-0.4, -0.2) is 58.3 Å². The highest BCUT2D eigenvalue weighted by atomic mass is 79.9. The van der Waals surface area contributed by atoms with Crippen molar-refractivity contribution < 1.29 is 13.2 Å². The second kappa shape index (κ2) is 9.84. The zero-order valence-electron chi connectivity index (χ0n) is 17.4. The van der Waals surface area contributed by atoms with Crippen molar-refractivity contribution in [2.75, 3.05) is 34.7 Å². The number of carbonyl (C=O) groups excluding carboxylic acids is 1. The molecule has 2 aromatic carbocycles.